The van der Waals surface area contributed by atoms with Crippen molar-refractivity contribution in [3.8, 4) is 16.9 Å². The maximum atomic E-state index is 14.9. The van der Waals surface area contributed by atoms with Crippen LogP contribution in [-0.4, -0.2) is 28.2 Å². The number of benzene rings is 1. The number of carbonyl (C=O) groups is 1. The quantitative estimate of drug-likeness (QED) is 0.641. The maximum Gasteiger partial charge on any atom is 0.259 e. The Morgan fingerprint density at radius 3 is 2.86 bits per heavy atom. The number of halogens is 2. The van der Waals surface area contributed by atoms with E-state index in [-0.39, 0.29) is 21.9 Å². The molecule has 4 rings (SSSR count). The molecule has 144 valence electrons. The summed E-state index contributed by atoms with van der Waals surface area (Å²) in [5.74, 6) is -0.395. The fraction of sp³-hybridized carbons (Fsp3) is 0.263. The lowest BCUT2D eigenvalue weighted by Crippen LogP contribution is -2.14. The Morgan fingerprint density at radius 1 is 1.36 bits per heavy atom. The average Bonchev–Trinajstić information content (AvgIpc) is 3.43. The lowest BCUT2D eigenvalue weighted by Gasteiger charge is -2.14. The molecule has 1 fully saturated rings. The van der Waals surface area contributed by atoms with E-state index in [1.165, 1.54) is 30.7 Å². The molecule has 6 nitrogen and oxygen atoms in total. The van der Waals surface area contributed by atoms with Gasteiger partial charge >= 0.3 is 0 Å². The van der Waals surface area contributed by atoms with Crippen molar-refractivity contribution in [1.29, 1.82) is 0 Å². The predicted molar refractivity (Wildman–Crippen MR) is 106 cm³/mol. The van der Waals surface area contributed by atoms with Crippen molar-refractivity contribution in [2.45, 2.75) is 25.7 Å². The molecule has 3 aromatic rings. The fourth-order valence-corrected chi connectivity index (χ4v) is 3.91. The summed E-state index contributed by atoms with van der Waals surface area (Å²) in [5, 5.41) is 12.1. The van der Waals surface area contributed by atoms with Crippen molar-refractivity contribution in [2.24, 2.45) is 0 Å². The number of ether oxygens (including phenoxy) is 1. The smallest absolute Gasteiger partial charge is 0.259 e. The lowest BCUT2D eigenvalue weighted by molar-refractivity contribution is 0.102. The molecule has 1 N–H and O–H groups in total. The number of amides is 1. The molecule has 28 heavy (non-hydrogen) atoms. The van der Waals surface area contributed by atoms with Gasteiger partial charge in [-0.25, -0.2) is 4.39 Å². The number of aryl methyl sites for hydroxylation is 1. The highest BCUT2D eigenvalue weighted by molar-refractivity contribution is 7.15. The summed E-state index contributed by atoms with van der Waals surface area (Å²) < 4.78 is 20.1. The van der Waals surface area contributed by atoms with E-state index in [2.05, 4.69) is 20.5 Å². The van der Waals surface area contributed by atoms with E-state index in [1.54, 1.807) is 19.1 Å². The second kappa shape index (κ2) is 7.44. The highest BCUT2D eigenvalue weighted by Crippen LogP contribution is 2.42. The van der Waals surface area contributed by atoms with Crippen LogP contribution in [0, 0.1) is 12.7 Å². The molecule has 1 aliphatic rings. The van der Waals surface area contributed by atoms with Crippen molar-refractivity contribution in [3.05, 3.63) is 51.5 Å². The van der Waals surface area contributed by atoms with E-state index in [1.807, 2.05) is 0 Å². The minimum Gasteiger partial charge on any atom is -0.496 e. The zero-order valence-electron chi connectivity index (χ0n) is 15.1. The van der Waals surface area contributed by atoms with Gasteiger partial charge in [0.05, 0.1) is 23.3 Å². The highest BCUT2D eigenvalue weighted by Gasteiger charge is 2.28. The summed E-state index contributed by atoms with van der Waals surface area (Å²) in [6, 6.07) is 4.60. The first-order chi connectivity index (χ1) is 13.5. The monoisotopic (exact) mass is 418 g/mol. The fourth-order valence-electron chi connectivity index (χ4n) is 2.85. The van der Waals surface area contributed by atoms with Crippen molar-refractivity contribution < 1.29 is 13.9 Å². The molecule has 9 heteroatoms. The van der Waals surface area contributed by atoms with E-state index in [9.17, 15) is 9.18 Å². The Hall–Kier alpha value is -2.58. The molecular weight excluding hydrogens is 403 g/mol. The molecule has 1 saturated carbocycles. The summed E-state index contributed by atoms with van der Waals surface area (Å²) in [4.78, 5) is 17.1. The van der Waals surface area contributed by atoms with Crippen LogP contribution in [0.3, 0.4) is 0 Å². The maximum absolute atomic E-state index is 14.9. The van der Waals surface area contributed by atoms with Crippen LogP contribution in [0.5, 0.6) is 5.75 Å². The Labute approximate surface area is 169 Å². The average molecular weight is 419 g/mol. The van der Waals surface area contributed by atoms with E-state index >= 15 is 0 Å². The number of carbonyl (C=O) groups excluding carboxylic acids is 1. The van der Waals surface area contributed by atoms with E-state index in [4.69, 9.17) is 16.3 Å². The van der Waals surface area contributed by atoms with Gasteiger partial charge in [-0.05, 0) is 38.0 Å². The van der Waals surface area contributed by atoms with Gasteiger partial charge in [0.25, 0.3) is 5.91 Å². The second-order valence-electron chi connectivity index (χ2n) is 6.48. The Kier molecular flexibility index (Phi) is 4.99. The van der Waals surface area contributed by atoms with Crippen molar-refractivity contribution in [2.75, 3.05) is 12.4 Å². The van der Waals surface area contributed by atoms with Crippen LogP contribution >= 0.6 is 22.9 Å². The van der Waals surface area contributed by atoms with Crippen LogP contribution in [0.1, 0.15) is 39.8 Å². The van der Waals surface area contributed by atoms with E-state index in [0.29, 0.717) is 22.3 Å². The first-order valence-electron chi connectivity index (χ1n) is 8.61. The number of rotatable bonds is 5. The van der Waals surface area contributed by atoms with E-state index in [0.717, 1.165) is 17.8 Å². The highest BCUT2D eigenvalue weighted by atomic mass is 35.5. The summed E-state index contributed by atoms with van der Waals surface area (Å²) in [7, 11) is 1.43. The number of hydrogen-bond acceptors (Lipinski definition) is 6. The number of hydrogen-bond donors (Lipinski definition) is 1. The zero-order valence-corrected chi connectivity index (χ0v) is 16.7. The largest absolute Gasteiger partial charge is 0.496 e. The summed E-state index contributed by atoms with van der Waals surface area (Å²) >= 11 is 7.32. The van der Waals surface area contributed by atoms with Crippen LogP contribution < -0.4 is 10.1 Å². The third-order valence-corrected chi connectivity index (χ3v) is 5.71. The lowest BCUT2D eigenvalue weighted by atomic mass is 9.98. The molecule has 1 amide bonds. The normalized spacial score (nSPS) is 13.4. The Balaban J connectivity index is 1.74. The molecule has 0 saturated heterocycles. The number of anilines is 1. The molecular formula is C19H16ClFN4O2S. The topological polar surface area (TPSA) is 77.0 Å². The van der Waals surface area contributed by atoms with Crippen molar-refractivity contribution in [3.63, 3.8) is 0 Å². The summed E-state index contributed by atoms with van der Waals surface area (Å²) in [5.41, 5.74) is 1.27. The van der Waals surface area contributed by atoms with Gasteiger partial charge in [-0.2, -0.15) is 0 Å². The minimum atomic E-state index is -0.660. The molecule has 0 aliphatic heterocycles. The van der Waals surface area contributed by atoms with Crippen molar-refractivity contribution >= 4 is 34.0 Å². The summed E-state index contributed by atoms with van der Waals surface area (Å²) in [6.07, 6.45) is 3.60. The third kappa shape index (κ3) is 3.57. The number of nitrogens with one attached hydrogen (secondary N) is 1. The molecule has 0 radical (unpaired) electrons. The molecule has 0 unspecified atom stereocenters. The zero-order chi connectivity index (χ0) is 19.8. The van der Waals surface area contributed by atoms with Gasteiger partial charge in [-0.3, -0.25) is 15.1 Å². The van der Waals surface area contributed by atoms with Crippen molar-refractivity contribution in [1.82, 2.24) is 15.2 Å². The van der Waals surface area contributed by atoms with Gasteiger partial charge in [0.1, 0.15) is 10.8 Å². The van der Waals surface area contributed by atoms with E-state index < -0.39 is 11.7 Å². The van der Waals surface area contributed by atoms with Gasteiger partial charge in [0, 0.05) is 23.4 Å². The van der Waals surface area contributed by atoms with Crippen LogP contribution in [0.15, 0.2) is 24.4 Å². The first-order valence-corrected chi connectivity index (χ1v) is 9.81. The molecule has 0 bridgehead atoms. The molecule has 1 aromatic carbocycles. The van der Waals surface area contributed by atoms with Crippen LogP contribution in [0.25, 0.3) is 11.1 Å². The van der Waals surface area contributed by atoms with Crippen LogP contribution in [0.2, 0.25) is 5.02 Å². The van der Waals surface area contributed by atoms with Gasteiger partial charge in [0.2, 0.25) is 5.13 Å². The second-order valence-corrected chi connectivity index (χ2v) is 7.90. The van der Waals surface area contributed by atoms with Gasteiger partial charge in [-0.1, -0.05) is 22.9 Å². The predicted octanol–water partition coefficient (Wildman–Crippen LogP) is 4.84. The number of nitrogens with zero attached hydrogens (tertiary/aromatic N) is 3. The molecule has 1 aliphatic carbocycles. The SMILES string of the molecule is COc1ccc(Cl)c(F)c1-c1cc(C)ncc1C(=O)Nc1nnc(C2CC2)s1. The number of methoxy groups -OCH3 is 1. The molecule has 2 heterocycles. The number of pyridine rings is 1. The van der Waals surface area contributed by atoms with Crippen LogP contribution in [0.4, 0.5) is 9.52 Å². The molecule has 0 atom stereocenters. The Morgan fingerprint density at radius 2 is 2.14 bits per heavy atom. The standard InChI is InChI=1S/C19H16ClFN4O2S/c1-9-7-11(15-14(27-2)6-5-13(20)16(15)21)12(8-22-9)17(26)23-19-25-24-18(28-19)10-3-4-10/h5-8,10H,3-4H2,1-2H3,(H,23,25,26). The van der Waals surface area contributed by atoms with Gasteiger partial charge in [0.15, 0.2) is 5.82 Å². The summed E-state index contributed by atoms with van der Waals surface area (Å²) in [6.45, 7) is 1.76. The van der Waals surface area contributed by atoms with Gasteiger partial charge < -0.3 is 4.74 Å². The van der Waals surface area contributed by atoms with Crippen LogP contribution in [-0.2, 0) is 0 Å². The molecule has 2 aromatic heterocycles. The number of aromatic nitrogens is 3. The third-order valence-electron chi connectivity index (χ3n) is 4.42. The minimum absolute atomic E-state index is 0.0603. The molecule has 0 spiro atoms. The first kappa shape index (κ1) is 18.8. The Bertz CT molecular complexity index is 1070. The van der Waals surface area contributed by atoms with Gasteiger partial charge in [-0.15, -0.1) is 10.2 Å².